The number of aliphatic hydroxyl groups is 1. The minimum absolute atomic E-state index is 0.0593. The van der Waals surface area contributed by atoms with E-state index in [1.165, 1.54) is 0 Å². The Morgan fingerprint density at radius 2 is 1.83 bits per heavy atom. The second-order valence-electron chi connectivity index (χ2n) is 6.46. The highest BCUT2D eigenvalue weighted by atomic mass is 16.3. The van der Waals surface area contributed by atoms with Crippen LogP contribution in [-0.2, 0) is 0 Å². The summed E-state index contributed by atoms with van der Waals surface area (Å²) in [6, 6.07) is 11.3. The Bertz CT molecular complexity index is 705. The number of nitrogens with zero attached hydrogens (tertiary/aromatic N) is 1. The lowest BCUT2D eigenvalue weighted by atomic mass is 9.86. The summed E-state index contributed by atoms with van der Waals surface area (Å²) in [5.74, 6) is 0.286. The molecule has 2 N–H and O–H groups in total. The molecule has 0 saturated heterocycles. The second-order valence-corrected chi connectivity index (χ2v) is 6.46. The first-order valence-electron chi connectivity index (χ1n) is 8.20. The SMILES string of the molecule is CN(C(=O)c1ccc2ccccc2c1O)C1CCC(CO)CC1. The molecular formula is C19H23NO3. The smallest absolute Gasteiger partial charge is 0.257 e. The third-order valence-corrected chi connectivity index (χ3v) is 5.07. The zero-order valence-corrected chi connectivity index (χ0v) is 13.4. The third-order valence-electron chi connectivity index (χ3n) is 5.07. The minimum atomic E-state index is -0.138. The van der Waals surface area contributed by atoms with Crippen LogP contribution in [0.5, 0.6) is 5.75 Å². The van der Waals surface area contributed by atoms with Crippen LogP contribution >= 0.6 is 0 Å². The maximum atomic E-state index is 12.8. The molecule has 1 aliphatic rings. The van der Waals surface area contributed by atoms with Crippen molar-refractivity contribution in [2.45, 2.75) is 31.7 Å². The predicted molar refractivity (Wildman–Crippen MR) is 90.5 cm³/mol. The number of aromatic hydroxyl groups is 1. The van der Waals surface area contributed by atoms with Crippen LogP contribution in [0.25, 0.3) is 10.8 Å². The standard InChI is InChI=1S/C19H23NO3/c1-20(15-9-6-13(12-21)7-10-15)19(23)17-11-8-14-4-2-3-5-16(14)18(17)22/h2-5,8,11,13,15,21-22H,6-7,9-10,12H2,1H3. The molecule has 4 nitrogen and oxygen atoms in total. The van der Waals surface area contributed by atoms with Gasteiger partial charge in [-0.1, -0.05) is 30.3 Å². The van der Waals surface area contributed by atoms with Gasteiger partial charge in [0.15, 0.2) is 0 Å². The first-order valence-corrected chi connectivity index (χ1v) is 8.20. The van der Waals surface area contributed by atoms with Gasteiger partial charge < -0.3 is 15.1 Å². The van der Waals surface area contributed by atoms with Crippen molar-refractivity contribution < 1.29 is 15.0 Å². The number of amides is 1. The molecule has 122 valence electrons. The van der Waals surface area contributed by atoms with Crippen LogP contribution in [0.15, 0.2) is 36.4 Å². The van der Waals surface area contributed by atoms with Crippen molar-refractivity contribution in [3.8, 4) is 5.75 Å². The van der Waals surface area contributed by atoms with Gasteiger partial charge in [0.25, 0.3) is 5.91 Å². The topological polar surface area (TPSA) is 60.8 Å². The van der Waals surface area contributed by atoms with E-state index >= 15 is 0 Å². The molecule has 1 fully saturated rings. The first kappa shape index (κ1) is 15.8. The molecule has 0 spiro atoms. The summed E-state index contributed by atoms with van der Waals surface area (Å²) < 4.78 is 0. The van der Waals surface area contributed by atoms with E-state index in [2.05, 4.69) is 0 Å². The number of benzene rings is 2. The van der Waals surface area contributed by atoms with Crippen LogP contribution in [-0.4, -0.2) is 40.7 Å². The van der Waals surface area contributed by atoms with Crippen molar-refractivity contribution >= 4 is 16.7 Å². The Labute approximate surface area is 136 Å². The van der Waals surface area contributed by atoms with Crippen molar-refractivity contribution in [1.82, 2.24) is 4.90 Å². The normalized spacial score (nSPS) is 21.3. The molecule has 0 unspecified atom stereocenters. The summed E-state index contributed by atoms with van der Waals surface area (Å²) in [5.41, 5.74) is 0.357. The Morgan fingerprint density at radius 1 is 1.13 bits per heavy atom. The number of hydrogen-bond donors (Lipinski definition) is 2. The second kappa shape index (κ2) is 6.59. The molecule has 0 bridgehead atoms. The quantitative estimate of drug-likeness (QED) is 0.915. The molecule has 23 heavy (non-hydrogen) atoms. The molecule has 0 atom stereocenters. The van der Waals surface area contributed by atoms with E-state index < -0.39 is 0 Å². The van der Waals surface area contributed by atoms with E-state index in [9.17, 15) is 15.0 Å². The van der Waals surface area contributed by atoms with E-state index in [1.54, 1.807) is 18.0 Å². The van der Waals surface area contributed by atoms with Gasteiger partial charge in [0, 0.05) is 25.1 Å². The summed E-state index contributed by atoms with van der Waals surface area (Å²) in [4.78, 5) is 14.5. The predicted octanol–water partition coefficient (Wildman–Crippen LogP) is 3.17. The molecule has 1 aliphatic carbocycles. The maximum Gasteiger partial charge on any atom is 0.257 e. The van der Waals surface area contributed by atoms with Crippen LogP contribution in [0.1, 0.15) is 36.0 Å². The Kier molecular flexibility index (Phi) is 4.53. The van der Waals surface area contributed by atoms with Crippen LogP contribution in [0.2, 0.25) is 0 Å². The molecule has 2 aromatic carbocycles. The molecule has 2 aromatic rings. The van der Waals surface area contributed by atoms with E-state index in [0.29, 0.717) is 16.9 Å². The fourth-order valence-corrected chi connectivity index (χ4v) is 3.50. The van der Waals surface area contributed by atoms with E-state index in [0.717, 1.165) is 31.1 Å². The van der Waals surface area contributed by atoms with Gasteiger partial charge in [0.2, 0.25) is 0 Å². The summed E-state index contributed by atoms with van der Waals surface area (Å²) in [5, 5.41) is 21.3. The minimum Gasteiger partial charge on any atom is -0.506 e. The zero-order chi connectivity index (χ0) is 16.4. The number of carbonyl (C=O) groups is 1. The Balaban J connectivity index is 1.81. The number of carbonyl (C=O) groups excluding carboxylic acids is 1. The average Bonchev–Trinajstić information content (AvgIpc) is 2.61. The molecule has 3 rings (SSSR count). The number of phenolic OH excluding ortho intramolecular Hbond substituents is 1. The fraction of sp³-hybridized carbons (Fsp3) is 0.421. The molecule has 1 amide bonds. The molecule has 0 aromatic heterocycles. The van der Waals surface area contributed by atoms with Crippen molar-refractivity contribution in [2.24, 2.45) is 5.92 Å². The lowest BCUT2D eigenvalue weighted by molar-refractivity contribution is 0.0650. The third kappa shape index (κ3) is 3.04. The molecule has 0 aliphatic heterocycles. The summed E-state index contributed by atoms with van der Waals surface area (Å²) in [6.45, 7) is 0.232. The first-order chi connectivity index (χ1) is 11.1. The van der Waals surface area contributed by atoms with Crippen molar-refractivity contribution in [1.29, 1.82) is 0 Å². The van der Waals surface area contributed by atoms with Gasteiger partial charge in [-0.3, -0.25) is 4.79 Å². The zero-order valence-electron chi connectivity index (χ0n) is 13.4. The number of aliphatic hydroxyl groups excluding tert-OH is 1. The highest BCUT2D eigenvalue weighted by Crippen LogP contribution is 2.32. The Hall–Kier alpha value is -2.07. The van der Waals surface area contributed by atoms with E-state index in [-0.39, 0.29) is 24.3 Å². The van der Waals surface area contributed by atoms with Crippen molar-refractivity contribution in [3.63, 3.8) is 0 Å². The van der Waals surface area contributed by atoms with Crippen LogP contribution in [0.4, 0.5) is 0 Å². The number of phenols is 1. The Morgan fingerprint density at radius 3 is 2.52 bits per heavy atom. The van der Waals surface area contributed by atoms with Crippen molar-refractivity contribution in [3.05, 3.63) is 42.0 Å². The largest absolute Gasteiger partial charge is 0.506 e. The number of rotatable bonds is 3. The molecule has 0 heterocycles. The average molecular weight is 313 g/mol. The van der Waals surface area contributed by atoms with Crippen LogP contribution in [0.3, 0.4) is 0 Å². The lowest BCUT2D eigenvalue weighted by Crippen LogP contribution is -2.39. The van der Waals surface area contributed by atoms with Crippen LogP contribution in [0, 0.1) is 5.92 Å². The van der Waals surface area contributed by atoms with Gasteiger partial charge in [-0.25, -0.2) is 0 Å². The molecule has 4 heteroatoms. The van der Waals surface area contributed by atoms with Crippen molar-refractivity contribution in [2.75, 3.05) is 13.7 Å². The highest BCUT2D eigenvalue weighted by Gasteiger charge is 2.28. The summed E-state index contributed by atoms with van der Waals surface area (Å²) >= 11 is 0. The fourth-order valence-electron chi connectivity index (χ4n) is 3.50. The van der Waals surface area contributed by atoms with Gasteiger partial charge in [-0.2, -0.15) is 0 Å². The van der Waals surface area contributed by atoms with Gasteiger partial charge in [0.05, 0.1) is 5.56 Å². The summed E-state index contributed by atoms with van der Waals surface area (Å²) in [7, 11) is 1.81. The number of hydrogen-bond acceptors (Lipinski definition) is 3. The van der Waals surface area contributed by atoms with Gasteiger partial charge in [-0.15, -0.1) is 0 Å². The lowest BCUT2D eigenvalue weighted by Gasteiger charge is -2.34. The van der Waals surface area contributed by atoms with Crippen LogP contribution < -0.4 is 0 Å². The monoisotopic (exact) mass is 313 g/mol. The molecule has 0 radical (unpaired) electrons. The summed E-state index contributed by atoms with van der Waals surface area (Å²) in [6.07, 6.45) is 3.70. The maximum absolute atomic E-state index is 12.8. The molecule has 1 saturated carbocycles. The van der Waals surface area contributed by atoms with Gasteiger partial charge in [0.1, 0.15) is 5.75 Å². The molecular weight excluding hydrogens is 290 g/mol. The number of fused-ring (bicyclic) bond motifs is 1. The van der Waals surface area contributed by atoms with Gasteiger partial charge in [-0.05, 0) is 43.1 Å². The van der Waals surface area contributed by atoms with Gasteiger partial charge >= 0.3 is 0 Å². The van der Waals surface area contributed by atoms with E-state index in [1.807, 2.05) is 30.3 Å². The highest BCUT2D eigenvalue weighted by molar-refractivity contribution is 6.03. The van der Waals surface area contributed by atoms with E-state index in [4.69, 9.17) is 0 Å².